The van der Waals surface area contributed by atoms with Crippen molar-refractivity contribution in [3.8, 4) is 0 Å². The van der Waals surface area contributed by atoms with Crippen LogP contribution in [-0.2, 0) is 0 Å². The molecule has 0 amide bonds. The molecule has 0 radical (unpaired) electrons. The van der Waals surface area contributed by atoms with E-state index in [4.69, 9.17) is 0 Å². The highest BCUT2D eigenvalue weighted by molar-refractivity contribution is 5.25. The van der Waals surface area contributed by atoms with Gasteiger partial charge < -0.3 is 4.90 Å². The molecule has 88 valence electrons. The van der Waals surface area contributed by atoms with Crippen LogP contribution in [0.5, 0.6) is 0 Å². The molecule has 2 heterocycles. The molecule has 3 fully saturated rings. The summed E-state index contributed by atoms with van der Waals surface area (Å²) in [6.07, 6.45) is 10.0. The first-order chi connectivity index (χ1) is 7.67. The van der Waals surface area contributed by atoms with Crippen molar-refractivity contribution in [1.82, 2.24) is 4.90 Å². The molecule has 0 N–H and O–H groups in total. The van der Waals surface area contributed by atoms with Crippen molar-refractivity contribution in [2.24, 2.45) is 11.8 Å². The van der Waals surface area contributed by atoms with Gasteiger partial charge in [0.05, 0.1) is 0 Å². The Morgan fingerprint density at radius 2 is 1.81 bits per heavy atom. The largest absolute Gasteiger partial charge is 0.365 e. The second-order valence-corrected chi connectivity index (χ2v) is 5.46. The van der Waals surface area contributed by atoms with Crippen LogP contribution in [0.4, 0.5) is 0 Å². The number of nitrogens with zero attached hydrogens (tertiary/aromatic N) is 1. The zero-order valence-corrected chi connectivity index (χ0v) is 10.5. The molecule has 0 aromatic carbocycles. The summed E-state index contributed by atoms with van der Waals surface area (Å²) in [7, 11) is 0. The third-order valence-corrected chi connectivity index (χ3v) is 4.22. The molecule has 0 aromatic heterocycles. The Bertz CT molecular complexity index is 301. The molecule has 0 aromatic rings. The fourth-order valence-electron chi connectivity index (χ4n) is 3.26. The fourth-order valence-corrected chi connectivity index (χ4v) is 3.26. The zero-order valence-electron chi connectivity index (χ0n) is 10.5. The van der Waals surface area contributed by atoms with Gasteiger partial charge in [-0.05, 0) is 43.3 Å². The summed E-state index contributed by atoms with van der Waals surface area (Å²) < 4.78 is 0. The van der Waals surface area contributed by atoms with Gasteiger partial charge in [0.1, 0.15) is 0 Å². The van der Waals surface area contributed by atoms with Crippen molar-refractivity contribution < 1.29 is 0 Å². The van der Waals surface area contributed by atoms with E-state index in [0.717, 1.165) is 23.9 Å². The van der Waals surface area contributed by atoms with E-state index in [1.54, 1.807) is 0 Å². The van der Waals surface area contributed by atoms with E-state index in [9.17, 15) is 0 Å². The molecule has 2 atom stereocenters. The molecule has 2 bridgehead atoms. The lowest BCUT2D eigenvalue weighted by molar-refractivity contribution is -0.0307. The minimum Gasteiger partial charge on any atom is -0.365 e. The lowest BCUT2D eigenvalue weighted by Gasteiger charge is -2.58. The Labute approximate surface area is 99.5 Å². The van der Waals surface area contributed by atoms with Crippen molar-refractivity contribution in [1.29, 1.82) is 0 Å². The zero-order chi connectivity index (χ0) is 11.7. The van der Waals surface area contributed by atoms with Gasteiger partial charge in [-0.25, -0.2) is 0 Å². The number of rotatable bonds is 4. The molecule has 1 saturated carbocycles. The van der Waals surface area contributed by atoms with Crippen LogP contribution in [-0.4, -0.2) is 17.0 Å². The van der Waals surface area contributed by atoms with Gasteiger partial charge in [-0.2, -0.15) is 0 Å². The summed E-state index contributed by atoms with van der Waals surface area (Å²) >= 11 is 0. The van der Waals surface area contributed by atoms with Crippen LogP contribution in [0.1, 0.15) is 33.1 Å². The van der Waals surface area contributed by atoms with Gasteiger partial charge in [-0.3, -0.25) is 0 Å². The summed E-state index contributed by atoms with van der Waals surface area (Å²) in [6.45, 7) is 12.4. The highest BCUT2D eigenvalue weighted by Gasteiger charge is 2.45. The van der Waals surface area contributed by atoms with Crippen LogP contribution in [0.25, 0.3) is 0 Å². The molecule has 0 spiro atoms. The first-order valence-electron chi connectivity index (χ1n) is 6.40. The minimum atomic E-state index is 0.760. The minimum absolute atomic E-state index is 0.760. The third-order valence-electron chi connectivity index (χ3n) is 4.22. The molecule has 3 aliphatic rings. The second-order valence-electron chi connectivity index (χ2n) is 5.46. The Morgan fingerprint density at radius 3 is 2.25 bits per heavy atom. The predicted octanol–water partition coefficient (Wildman–Crippen LogP) is 3.75. The van der Waals surface area contributed by atoms with Gasteiger partial charge in [0.2, 0.25) is 0 Å². The van der Waals surface area contributed by atoms with Crippen LogP contribution in [0.15, 0.2) is 37.1 Å². The van der Waals surface area contributed by atoms with Gasteiger partial charge in [-0.15, -0.1) is 0 Å². The number of allylic oxidation sites excluding steroid dienone is 3. The lowest BCUT2D eigenvalue weighted by atomic mass is 9.69. The smallest absolute Gasteiger partial charge is 0.0365 e. The highest BCUT2D eigenvalue weighted by Crippen LogP contribution is 2.45. The van der Waals surface area contributed by atoms with Gasteiger partial charge in [-0.1, -0.05) is 33.1 Å². The van der Waals surface area contributed by atoms with E-state index in [0.29, 0.717) is 0 Å². The van der Waals surface area contributed by atoms with Crippen molar-refractivity contribution in [3.63, 3.8) is 0 Å². The van der Waals surface area contributed by atoms with Gasteiger partial charge in [0.25, 0.3) is 0 Å². The second kappa shape index (κ2) is 4.48. The first-order valence-corrected chi connectivity index (χ1v) is 6.40. The standard InChI is InChI=1S/C15H23N/c1-5-7-13(6-2)16-14-8-12(11(3)4)9-15(16)10-14/h5-7,11-12,14-15H,1-2,8-10H2,3-4H3/b13-7+. The molecular weight excluding hydrogens is 194 g/mol. The van der Waals surface area contributed by atoms with Crippen LogP contribution in [0.2, 0.25) is 0 Å². The van der Waals surface area contributed by atoms with E-state index in [2.05, 4.69) is 38.0 Å². The number of piperidine rings is 1. The fraction of sp³-hybridized carbons (Fsp3) is 0.600. The molecule has 2 saturated heterocycles. The van der Waals surface area contributed by atoms with Crippen LogP contribution >= 0.6 is 0 Å². The van der Waals surface area contributed by atoms with Gasteiger partial charge >= 0.3 is 0 Å². The Hall–Kier alpha value is -0.980. The maximum atomic E-state index is 3.91. The maximum Gasteiger partial charge on any atom is 0.0365 e. The van der Waals surface area contributed by atoms with E-state index in [1.807, 2.05) is 12.2 Å². The molecular formula is C15H23N. The molecule has 16 heavy (non-hydrogen) atoms. The summed E-state index contributed by atoms with van der Waals surface area (Å²) in [5.41, 5.74) is 1.26. The van der Waals surface area contributed by atoms with E-state index >= 15 is 0 Å². The molecule has 1 aliphatic carbocycles. The van der Waals surface area contributed by atoms with Crippen molar-refractivity contribution >= 4 is 0 Å². The average molecular weight is 217 g/mol. The van der Waals surface area contributed by atoms with Crippen LogP contribution in [0.3, 0.4) is 0 Å². The van der Waals surface area contributed by atoms with Crippen LogP contribution < -0.4 is 0 Å². The Balaban J connectivity index is 2.05. The van der Waals surface area contributed by atoms with E-state index in [-0.39, 0.29) is 0 Å². The topological polar surface area (TPSA) is 3.24 Å². The monoisotopic (exact) mass is 217 g/mol. The Morgan fingerprint density at radius 1 is 1.19 bits per heavy atom. The van der Waals surface area contributed by atoms with E-state index in [1.165, 1.54) is 25.0 Å². The molecule has 2 aliphatic heterocycles. The third kappa shape index (κ3) is 1.83. The summed E-state index contributed by atoms with van der Waals surface area (Å²) in [6, 6.07) is 1.52. The number of hydrogen-bond donors (Lipinski definition) is 0. The first kappa shape index (κ1) is 11.5. The lowest BCUT2D eigenvalue weighted by Crippen LogP contribution is -2.60. The van der Waals surface area contributed by atoms with E-state index < -0.39 is 0 Å². The number of fused-ring (bicyclic) bond motifs is 2. The molecule has 2 unspecified atom stereocenters. The SMILES string of the molecule is C=C/C=C(\C=C)N1C2CC(C(C)C)CC1C2. The quantitative estimate of drug-likeness (QED) is 0.648. The maximum absolute atomic E-state index is 3.91. The molecule has 3 rings (SSSR count). The van der Waals surface area contributed by atoms with Crippen LogP contribution in [0, 0.1) is 11.8 Å². The van der Waals surface area contributed by atoms with Gasteiger partial charge in [0.15, 0.2) is 0 Å². The summed E-state index contributed by atoms with van der Waals surface area (Å²) in [4.78, 5) is 2.55. The van der Waals surface area contributed by atoms with Crippen molar-refractivity contribution in [2.75, 3.05) is 0 Å². The number of hydrogen-bond acceptors (Lipinski definition) is 1. The van der Waals surface area contributed by atoms with Crippen molar-refractivity contribution in [3.05, 3.63) is 37.1 Å². The average Bonchev–Trinajstić information content (AvgIpc) is 2.28. The molecule has 1 heteroatoms. The normalized spacial score (nSPS) is 33.6. The summed E-state index contributed by atoms with van der Waals surface area (Å²) in [5.74, 6) is 1.76. The highest BCUT2D eigenvalue weighted by atomic mass is 15.3. The predicted molar refractivity (Wildman–Crippen MR) is 70.1 cm³/mol. The molecule has 1 nitrogen and oxygen atoms in total. The summed E-state index contributed by atoms with van der Waals surface area (Å²) in [5, 5.41) is 0. The Kier molecular flexibility index (Phi) is 3.22. The van der Waals surface area contributed by atoms with Crippen molar-refractivity contribution in [2.45, 2.75) is 45.2 Å². The van der Waals surface area contributed by atoms with Gasteiger partial charge in [0, 0.05) is 17.8 Å².